The molecule has 0 bridgehead atoms. The minimum absolute atomic E-state index is 0.737. The summed E-state index contributed by atoms with van der Waals surface area (Å²) in [6, 6.07) is 5.87. The number of nitrogens with one attached hydrogen (secondary N) is 1. The summed E-state index contributed by atoms with van der Waals surface area (Å²) in [4.78, 5) is 4.31. The summed E-state index contributed by atoms with van der Waals surface area (Å²) in [5.74, 6) is 0.859. The third-order valence-corrected chi connectivity index (χ3v) is 2.84. The van der Waals surface area contributed by atoms with Crippen molar-refractivity contribution in [3.63, 3.8) is 0 Å². The van der Waals surface area contributed by atoms with Crippen LogP contribution in [-0.2, 0) is 0 Å². The summed E-state index contributed by atoms with van der Waals surface area (Å²) in [6.45, 7) is 5.11. The monoisotopic (exact) mass is 249 g/mol. The minimum atomic E-state index is 0.737. The predicted octanol–water partition coefficient (Wildman–Crippen LogP) is 3.66. The van der Waals surface area contributed by atoms with Crippen LogP contribution in [0.25, 0.3) is 5.69 Å². The van der Waals surface area contributed by atoms with Gasteiger partial charge in [0.05, 0.1) is 5.69 Å². The van der Waals surface area contributed by atoms with E-state index in [-0.39, 0.29) is 0 Å². The van der Waals surface area contributed by atoms with Gasteiger partial charge in [0.1, 0.15) is 0 Å². The Balaban J connectivity index is 2.38. The molecule has 17 heavy (non-hydrogen) atoms. The maximum atomic E-state index is 6.04. The number of imidazole rings is 1. The van der Waals surface area contributed by atoms with E-state index >= 15 is 0 Å². The van der Waals surface area contributed by atoms with E-state index in [1.807, 2.05) is 29.0 Å². The molecule has 1 aromatic heterocycles. The van der Waals surface area contributed by atoms with Gasteiger partial charge in [-0.1, -0.05) is 24.6 Å². The van der Waals surface area contributed by atoms with Crippen molar-refractivity contribution in [1.82, 2.24) is 9.55 Å². The molecule has 0 spiro atoms. The van der Waals surface area contributed by atoms with E-state index < -0.39 is 0 Å². The average molecular weight is 250 g/mol. The van der Waals surface area contributed by atoms with Crippen molar-refractivity contribution < 1.29 is 0 Å². The molecule has 0 aliphatic heterocycles. The largest absolute Gasteiger partial charge is 0.355 e. The maximum absolute atomic E-state index is 6.04. The lowest BCUT2D eigenvalue weighted by molar-refractivity contribution is 0.934. The number of anilines is 1. The molecule has 0 saturated carbocycles. The Hall–Kier alpha value is -1.48. The van der Waals surface area contributed by atoms with Gasteiger partial charge in [-0.3, -0.25) is 4.57 Å². The van der Waals surface area contributed by atoms with Crippen LogP contribution in [0.2, 0.25) is 5.02 Å². The number of hydrogen-bond acceptors (Lipinski definition) is 2. The number of hydrogen-bond donors (Lipinski definition) is 1. The lowest BCUT2D eigenvalue weighted by Gasteiger charge is -2.12. The van der Waals surface area contributed by atoms with Gasteiger partial charge in [-0.05, 0) is 31.0 Å². The molecule has 0 atom stereocenters. The molecule has 0 radical (unpaired) electrons. The van der Waals surface area contributed by atoms with Crippen LogP contribution in [0.4, 0.5) is 5.95 Å². The second-order valence-electron chi connectivity index (χ2n) is 3.98. The molecule has 0 fully saturated rings. The third kappa shape index (κ3) is 2.61. The average Bonchev–Trinajstić information content (AvgIpc) is 2.77. The predicted molar refractivity (Wildman–Crippen MR) is 72.1 cm³/mol. The molecule has 4 heteroatoms. The minimum Gasteiger partial charge on any atom is -0.355 e. The van der Waals surface area contributed by atoms with E-state index in [1.165, 1.54) is 5.56 Å². The molecule has 90 valence electrons. The second-order valence-corrected chi connectivity index (χ2v) is 4.41. The molecule has 1 heterocycles. The molecule has 0 aliphatic carbocycles. The van der Waals surface area contributed by atoms with Gasteiger partial charge in [-0.15, -0.1) is 0 Å². The molecule has 2 rings (SSSR count). The van der Waals surface area contributed by atoms with Gasteiger partial charge >= 0.3 is 0 Å². The van der Waals surface area contributed by atoms with Crippen molar-refractivity contribution in [3.05, 3.63) is 41.2 Å². The fourth-order valence-electron chi connectivity index (χ4n) is 1.71. The van der Waals surface area contributed by atoms with Crippen LogP contribution >= 0.6 is 11.6 Å². The summed E-state index contributed by atoms with van der Waals surface area (Å²) in [5, 5.41) is 4.03. The first-order chi connectivity index (χ1) is 8.22. The summed E-state index contributed by atoms with van der Waals surface area (Å²) in [5.41, 5.74) is 2.24. The van der Waals surface area contributed by atoms with Crippen molar-refractivity contribution >= 4 is 17.5 Å². The number of nitrogens with zero attached hydrogens (tertiary/aromatic N) is 2. The van der Waals surface area contributed by atoms with Gasteiger partial charge < -0.3 is 5.32 Å². The third-order valence-electron chi connectivity index (χ3n) is 2.60. The highest BCUT2D eigenvalue weighted by atomic mass is 35.5. The Bertz CT molecular complexity index is 505. The normalized spacial score (nSPS) is 10.5. The molecule has 2 aromatic rings. The number of halogens is 1. The van der Waals surface area contributed by atoms with Crippen LogP contribution < -0.4 is 5.32 Å². The Morgan fingerprint density at radius 3 is 3.00 bits per heavy atom. The lowest BCUT2D eigenvalue weighted by atomic mass is 10.2. The van der Waals surface area contributed by atoms with Crippen molar-refractivity contribution in [2.45, 2.75) is 20.3 Å². The van der Waals surface area contributed by atoms with Crippen LogP contribution in [-0.4, -0.2) is 16.1 Å². The van der Waals surface area contributed by atoms with Crippen molar-refractivity contribution in [1.29, 1.82) is 0 Å². The fraction of sp³-hybridized carbons (Fsp3) is 0.308. The Morgan fingerprint density at radius 2 is 2.24 bits per heavy atom. The summed E-state index contributed by atoms with van der Waals surface area (Å²) in [6.07, 6.45) is 4.80. The van der Waals surface area contributed by atoms with E-state index in [1.54, 1.807) is 6.20 Å². The van der Waals surface area contributed by atoms with Gasteiger partial charge in [0, 0.05) is 24.0 Å². The van der Waals surface area contributed by atoms with Crippen LogP contribution in [0.3, 0.4) is 0 Å². The van der Waals surface area contributed by atoms with Gasteiger partial charge in [0.15, 0.2) is 0 Å². The first kappa shape index (κ1) is 12.0. The topological polar surface area (TPSA) is 29.9 Å². The first-order valence-electron chi connectivity index (χ1n) is 5.76. The number of aromatic nitrogens is 2. The first-order valence-corrected chi connectivity index (χ1v) is 6.14. The van der Waals surface area contributed by atoms with Crippen LogP contribution in [0, 0.1) is 6.92 Å². The molecule has 3 nitrogen and oxygen atoms in total. The zero-order valence-corrected chi connectivity index (χ0v) is 10.8. The van der Waals surface area contributed by atoms with E-state index in [0.717, 1.165) is 29.6 Å². The SMILES string of the molecule is CCCNc1nccn1-c1cc(Cl)ccc1C. The standard InChI is InChI=1S/C13H16ClN3/c1-3-6-15-13-16-7-8-17(13)12-9-11(14)5-4-10(12)2/h4-5,7-9H,3,6H2,1-2H3,(H,15,16). The highest BCUT2D eigenvalue weighted by Crippen LogP contribution is 2.22. The Kier molecular flexibility index (Phi) is 3.69. The summed E-state index contributed by atoms with van der Waals surface area (Å²) in [7, 11) is 0. The smallest absolute Gasteiger partial charge is 0.207 e. The van der Waals surface area contributed by atoms with Gasteiger partial charge in [-0.2, -0.15) is 0 Å². The molecular formula is C13H16ClN3. The quantitative estimate of drug-likeness (QED) is 0.896. The Labute approximate surface area is 106 Å². The highest BCUT2D eigenvalue weighted by molar-refractivity contribution is 6.30. The molecule has 0 saturated heterocycles. The number of aryl methyl sites for hydroxylation is 1. The maximum Gasteiger partial charge on any atom is 0.207 e. The van der Waals surface area contributed by atoms with Crippen LogP contribution in [0.1, 0.15) is 18.9 Å². The second kappa shape index (κ2) is 5.23. The number of rotatable bonds is 4. The van der Waals surface area contributed by atoms with Crippen molar-refractivity contribution in [2.75, 3.05) is 11.9 Å². The zero-order valence-electron chi connectivity index (χ0n) is 10.1. The molecule has 0 amide bonds. The molecule has 0 aliphatic rings. The van der Waals surface area contributed by atoms with E-state index in [9.17, 15) is 0 Å². The van der Waals surface area contributed by atoms with Crippen LogP contribution in [0.15, 0.2) is 30.6 Å². The summed E-state index contributed by atoms with van der Waals surface area (Å²) >= 11 is 6.04. The molecule has 0 unspecified atom stereocenters. The van der Waals surface area contributed by atoms with E-state index in [0.29, 0.717) is 0 Å². The van der Waals surface area contributed by atoms with Crippen molar-refractivity contribution in [3.8, 4) is 5.69 Å². The van der Waals surface area contributed by atoms with E-state index in [4.69, 9.17) is 11.6 Å². The molecule has 1 N–H and O–H groups in total. The van der Waals surface area contributed by atoms with Crippen LogP contribution in [0.5, 0.6) is 0 Å². The lowest BCUT2D eigenvalue weighted by Crippen LogP contribution is -2.07. The fourth-order valence-corrected chi connectivity index (χ4v) is 1.87. The van der Waals surface area contributed by atoms with E-state index in [2.05, 4.69) is 24.1 Å². The van der Waals surface area contributed by atoms with Crippen molar-refractivity contribution in [2.24, 2.45) is 0 Å². The summed E-state index contributed by atoms with van der Waals surface area (Å²) < 4.78 is 2.02. The van der Waals surface area contributed by atoms with Gasteiger partial charge in [-0.25, -0.2) is 4.98 Å². The molecule has 1 aromatic carbocycles. The highest BCUT2D eigenvalue weighted by Gasteiger charge is 2.07. The number of benzene rings is 1. The zero-order chi connectivity index (χ0) is 12.3. The Morgan fingerprint density at radius 1 is 1.41 bits per heavy atom. The van der Waals surface area contributed by atoms with Gasteiger partial charge in [0.2, 0.25) is 5.95 Å². The van der Waals surface area contributed by atoms with Gasteiger partial charge in [0.25, 0.3) is 0 Å². The molecular weight excluding hydrogens is 234 g/mol.